The lowest BCUT2D eigenvalue weighted by atomic mass is 10.2. The monoisotopic (exact) mass is 465 g/mol. The highest BCUT2D eigenvalue weighted by atomic mass is 32.2. The van der Waals surface area contributed by atoms with E-state index in [1.54, 1.807) is 13.8 Å². The summed E-state index contributed by atoms with van der Waals surface area (Å²) in [5, 5.41) is 0. The lowest BCUT2D eigenvalue weighted by Gasteiger charge is -2.24. The second kappa shape index (κ2) is 10.6. The van der Waals surface area contributed by atoms with Crippen LogP contribution in [0.3, 0.4) is 0 Å². The number of nitrogens with one attached hydrogen (secondary N) is 2. The van der Waals surface area contributed by atoms with Gasteiger partial charge in [0.15, 0.2) is 5.69 Å². The van der Waals surface area contributed by atoms with E-state index >= 15 is 0 Å². The molecule has 0 saturated carbocycles. The Balaban J connectivity index is 2.49. The molecule has 0 saturated heterocycles. The molecule has 1 aromatic carbocycles. The summed E-state index contributed by atoms with van der Waals surface area (Å²) < 4.78 is 28.4. The van der Waals surface area contributed by atoms with Gasteiger partial charge in [-0.05, 0) is 51.0 Å². The average molecular weight is 466 g/mol. The predicted molar refractivity (Wildman–Crippen MR) is 125 cm³/mol. The zero-order chi connectivity index (χ0) is 24.1. The molecule has 1 amide bonds. The molecule has 0 aliphatic heterocycles. The van der Waals surface area contributed by atoms with E-state index in [4.69, 9.17) is 5.73 Å². The molecule has 0 unspecified atom stereocenters. The van der Waals surface area contributed by atoms with E-state index in [0.717, 1.165) is 6.42 Å². The number of nitrogens with two attached hydrogens (primary N) is 1. The maximum Gasteiger partial charge on any atom is 0.330 e. The van der Waals surface area contributed by atoms with Gasteiger partial charge in [-0.15, -0.1) is 0 Å². The summed E-state index contributed by atoms with van der Waals surface area (Å²) in [6.45, 7) is 7.72. The standard InChI is InChI=1S/C21H31N5O5S/c1-5-7-13-26-18(22)17(19(27)23-21(26)29)25(12-6-2)20(28)15-8-10-16(11-9-15)32(30,31)24-14(3)4/h8-11,14,24H,5-7,12-13,22H2,1-4H3,(H,23,27,29). The number of benzene rings is 1. The predicted octanol–water partition coefficient (Wildman–Crippen LogP) is 1.66. The highest BCUT2D eigenvalue weighted by Crippen LogP contribution is 2.21. The number of rotatable bonds is 10. The van der Waals surface area contributed by atoms with Crippen LogP contribution in [0.2, 0.25) is 0 Å². The Morgan fingerprint density at radius 3 is 2.31 bits per heavy atom. The summed E-state index contributed by atoms with van der Waals surface area (Å²) in [5.74, 6) is -0.597. The first kappa shape index (κ1) is 25.3. The van der Waals surface area contributed by atoms with Crippen molar-refractivity contribution in [3.63, 3.8) is 0 Å². The molecular formula is C21H31N5O5S. The maximum atomic E-state index is 13.3. The van der Waals surface area contributed by atoms with Crippen LogP contribution in [0.25, 0.3) is 0 Å². The molecule has 0 fully saturated rings. The number of aromatic amines is 1. The molecular weight excluding hydrogens is 434 g/mol. The van der Waals surface area contributed by atoms with E-state index in [9.17, 15) is 22.8 Å². The van der Waals surface area contributed by atoms with Crippen molar-refractivity contribution in [2.75, 3.05) is 17.2 Å². The third-order valence-corrected chi connectivity index (χ3v) is 6.39. The lowest BCUT2D eigenvalue weighted by Crippen LogP contribution is -2.41. The minimum Gasteiger partial charge on any atom is -0.383 e. The van der Waals surface area contributed by atoms with Crippen molar-refractivity contribution in [2.24, 2.45) is 0 Å². The van der Waals surface area contributed by atoms with E-state index in [1.165, 1.54) is 33.7 Å². The van der Waals surface area contributed by atoms with Crippen molar-refractivity contribution in [3.8, 4) is 0 Å². The fourth-order valence-electron chi connectivity index (χ4n) is 3.23. The Morgan fingerprint density at radius 1 is 1.16 bits per heavy atom. The van der Waals surface area contributed by atoms with E-state index in [1.807, 2.05) is 13.8 Å². The number of nitrogen functional groups attached to an aromatic ring is 1. The zero-order valence-corrected chi connectivity index (χ0v) is 19.7. The Labute approximate surface area is 187 Å². The van der Waals surface area contributed by atoms with Crippen LogP contribution in [0.5, 0.6) is 0 Å². The number of unbranched alkanes of at least 4 members (excludes halogenated alkanes) is 1. The van der Waals surface area contributed by atoms with Gasteiger partial charge in [-0.25, -0.2) is 17.9 Å². The number of aromatic nitrogens is 2. The van der Waals surface area contributed by atoms with Crippen molar-refractivity contribution < 1.29 is 13.2 Å². The molecule has 2 rings (SSSR count). The van der Waals surface area contributed by atoms with Crippen molar-refractivity contribution in [3.05, 3.63) is 50.7 Å². The van der Waals surface area contributed by atoms with Crippen LogP contribution < -0.4 is 26.6 Å². The summed E-state index contributed by atoms with van der Waals surface area (Å²) in [7, 11) is -3.71. The van der Waals surface area contributed by atoms with E-state index in [2.05, 4.69) is 9.71 Å². The number of anilines is 2. The van der Waals surface area contributed by atoms with Gasteiger partial charge in [0.1, 0.15) is 5.82 Å². The van der Waals surface area contributed by atoms with Gasteiger partial charge in [0.05, 0.1) is 4.90 Å². The summed E-state index contributed by atoms with van der Waals surface area (Å²) in [6, 6.07) is 5.16. The number of carbonyl (C=O) groups excluding carboxylic acids is 1. The summed E-state index contributed by atoms with van der Waals surface area (Å²) in [5.41, 5.74) is 4.88. The molecule has 1 aromatic heterocycles. The second-order valence-electron chi connectivity index (χ2n) is 7.76. The number of H-pyrrole nitrogens is 1. The largest absolute Gasteiger partial charge is 0.383 e. The van der Waals surface area contributed by atoms with Crippen LogP contribution in [0.4, 0.5) is 11.5 Å². The molecule has 10 nitrogen and oxygen atoms in total. The van der Waals surface area contributed by atoms with E-state index in [-0.39, 0.29) is 34.6 Å². The highest BCUT2D eigenvalue weighted by Gasteiger charge is 2.25. The number of amides is 1. The van der Waals surface area contributed by atoms with Gasteiger partial charge < -0.3 is 10.6 Å². The van der Waals surface area contributed by atoms with Crippen molar-refractivity contribution >= 4 is 27.4 Å². The summed E-state index contributed by atoms with van der Waals surface area (Å²) in [4.78, 5) is 41.6. The molecule has 0 radical (unpaired) electrons. The molecule has 0 atom stereocenters. The van der Waals surface area contributed by atoms with Gasteiger partial charge in [0, 0.05) is 24.7 Å². The number of hydrogen-bond donors (Lipinski definition) is 3. The summed E-state index contributed by atoms with van der Waals surface area (Å²) in [6.07, 6.45) is 2.03. The molecule has 32 heavy (non-hydrogen) atoms. The SMILES string of the molecule is CCCCn1c(N)c(N(CCC)C(=O)c2ccc(S(=O)(=O)NC(C)C)cc2)c(=O)[nH]c1=O. The third kappa shape index (κ3) is 5.65. The lowest BCUT2D eigenvalue weighted by molar-refractivity contribution is 0.0986. The quantitative estimate of drug-likeness (QED) is 0.486. The number of nitrogens with zero attached hydrogens (tertiary/aromatic N) is 2. The van der Waals surface area contributed by atoms with E-state index < -0.39 is 27.2 Å². The maximum absolute atomic E-state index is 13.3. The molecule has 0 spiro atoms. The topological polar surface area (TPSA) is 147 Å². The first-order valence-electron chi connectivity index (χ1n) is 10.6. The fourth-order valence-corrected chi connectivity index (χ4v) is 4.48. The molecule has 176 valence electrons. The van der Waals surface area contributed by atoms with Crippen LogP contribution >= 0.6 is 0 Å². The molecule has 11 heteroatoms. The molecule has 0 bridgehead atoms. The molecule has 2 aromatic rings. The van der Waals surface area contributed by atoms with Crippen LogP contribution in [0, 0.1) is 0 Å². The van der Waals surface area contributed by atoms with Gasteiger partial charge >= 0.3 is 5.69 Å². The Bertz CT molecular complexity index is 1170. The highest BCUT2D eigenvalue weighted by molar-refractivity contribution is 7.89. The van der Waals surface area contributed by atoms with E-state index in [0.29, 0.717) is 19.4 Å². The summed E-state index contributed by atoms with van der Waals surface area (Å²) >= 11 is 0. The molecule has 0 aliphatic carbocycles. The molecule has 4 N–H and O–H groups in total. The number of carbonyl (C=O) groups is 1. The van der Waals surface area contributed by atoms with Crippen molar-refractivity contribution in [1.82, 2.24) is 14.3 Å². The smallest absolute Gasteiger partial charge is 0.330 e. The minimum atomic E-state index is -3.71. The normalized spacial score (nSPS) is 11.7. The van der Waals surface area contributed by atoms with Gasteiger partial charge in [0.25, 0.3) is 11.5 Å². The van der Waals surface area contributed by atoms with Crippen LogP contribution in [0.15, 0.2) is 38.8 Å². The van der Waals surface area contributed by atoms with Gasteiger partial charge in [-0.1, -0.05) is 20.3 Å². The van der Waals surface area contributed by atoms with Crippen LogP contribution in [-0.2, 0) is 16.6 Å². The third-order valence-electron chi connectivity index (χ3n) is 4.71. The van der Waals surface area contributed by atoms with Gasteiger partial charge in [-0.3, -0.25) is 19.1 Å². The van der Waals surface area contributed by atoms with Crippen LogP contribution in [0.1, 0.15) is 57.3 Å². The van der Waals surface area contributed by atoms with Gasteiger partial charge in [-0.2, -0.15) is 0 Å². The van der Waals surface area contributed by atoms with Crippen molar-refractivity contribution in [2.45, 2.75) is 64.4 Å². The number of sulfonamides is 1. The van der Waals surface area contributed by atoms with Crippen molar-refractivity contribution in [1.29, 1.82) is 0 Å². The fraction of sp³-hybridized carbons (Fsp3) is 0.476. The average Bonchev–Trinajstić information content (AvgIpc) is 2.71. The zero-order valence-electron chi connectivity index (χ0n) is 18.8. The Kier molecular flexibility index (Phi) is 8.39. The number of hydrogen-bond acceptors (Lipinski definition) is 6. The second-order valence-corrected chi connectivity index (χ2v) is 9.47. The first-order valence-corrected chi connectivity index (χ1v) is 12.1. The Hall–Kier alpha value is -2.92. The Morgan fingerprint density at radius 2 is 1.78 bits per heavy atom. The minimum absolute atomic E-state index is 0.0234. The van der Waals surface area contributed by atoms with Gasteiger partial charge in [0.2, 0.25) is 10.0 Å². The van der Waals surface area contributed by atoms with Crippen LogP contribution in [-0.4, -0.2) is 36.5 Å². The molecule has 1 heterocycles. The first-order chi connectivity index (χ1) is 15.0. The molecule has 0 aliphatic rings.